The summed E-state index contributed by atoms with van der Waals surface area (Å²) in [5.74, 6) is -2.31. The fraction of sp³-hybridized carbons (Fsp3) is 0.450. The molecule has 2 aromatic heterocycles. The van der Waals surface area contributed by atoms with Crippen LogP contribution >= 0.6 is 0 Å². The van der Waals surface area contributed by atoms with Gasteiger partial charge < -0.3 is 18.5 Å². The maximum absolute atomic E-state index is 12.7. The normalized spacial score (nSPS) is 10.8. The highest BCUT2D eigenvalue weighted by Crippen LogP contribution is 2.18. The van der Waals surface area contributed by atoms with Gasteiger partial charge >= 0.3 is 11.9 Å². The van der Waals surface area contributed by atoms with E-state index in [0.29, 0.717) is 5.69 Å². The highest BCUT2D eigenvalue weighted by molar-refractivity contribution is 6.06. The Morgan fingerprint density at radius 3 is 2.52 bits per heavy atom. The maximum Gasteiger partial charge on any atom is 0.320 e. The number of esters is 2. The molecule has 0 N–H and O–H groups in total. The number of methoxy groups -OCH3 is 2. The van der Waals surface area contributed by atoms with Crippen molar-refractivity contribution < 1.29 is 28.3 Å². The maximum atomic E-state index is 12.7. The number of nitrogens with zero attached hydrogens (tertiary/aromatic N) is 1. The molecular weight excluding hydrogens is 350 g/mol. The summed E-state index contributed by atoms with van der Waals surface area (Å²) >= 11 is 0. The van der Waals surface area contributed by atoms with Gasteiger partial charge in [-0.1, -0.05) is 13.3 Å². The molecule has 146 valence electrons. The van der Waals surface area contributed by atoms with E-state index in [4.69, 9.17) is 4.42 Å². The molecule has 27 heavy (non-hydrogen) atoms. The van der Waals surface area contributed by atoms with Crippen LogP contribution in [0.4, 0.5) is 0 Å². The number of ketones is 1. The number of furan rings is 1. The minimum absolute atomic E-state index is 0.161. The lowest BCUT2D eigenvalue weighted by Gasteiger charge is -2.14. The summed E-state index contributed by atoms with van der Waals surface area (Å²) in [6.07, 6.45) is 6.47. The van der Waals surface area contributed by atoms with Crippen molar-refractivity contribution in [1.29, 1.82) is 0 Å². The van der Waals surface area contributed by atoms with Crippen molar-refractivity contribution in [1.82, 2.24) is 4.57 Å². The second-order valence-corrected chi connectivity index (χ2v) is 6.23. The summed E-state index contributed by atoms with van der Waals surface area (Å²) in [5.41, 5.74) is 1.43. The molecule has 0 amide bonds. The van der Waals surface area contributed by atoms with E-state index in [1.165, 1.54) is 14.2 Å². The molecule has 0 unspecified atom stereocenters. The first-order valence-corrected chi connectivity index (χ1v) is 8.94. The Labute approximate surface area is 158 Å². The monoisotopic (exact) mass is 375 g/mol. The van der Waals surface area contributed by atoms with Crippen molar-refractivity contribution in [3.63, 3.8) is 0 Å². The van der Waals surface area contributed by atoms with Gasteiger partial charge in [-0.2, -0.15) is 0 Å². The molecule has 0 aliphatic rings. The molecule has 2 heterocycles. The predicted molar refractivity (Wildman–Crippen MR) is 97.3 cm³/mol. The molecule has 0 aliphatic heterocycles. The number of carbonyl (C=O) groups is 3. The van der Waals surface area contributed by atoms with Gasteiger partial charge in [0.25, 0.3) is 0 Å². The Morgan fingerprint density at radius 2 is 1.89 bits per heavy atom. The average molecular weight is 375 g/mol. The van der Waals surface area contributed by atoms with Crippen LogP contribution in [0.2, 0.25) is 0 Å². The molecule has 7 heteroatoms. The van der Waals surface area contributed by atoms with Crippen molar-refractivity contribution in [2.75, 3.05) is 14.2 Å². The first kappa shape index (κ1) is 20.5. The molecule has 7 nitrogen and oxygen atoms in total. The van der Waals surface area contributed by atoms with Gasteiger partial charge in [-0.3, -0.25) is 14.4 Å². The van der Waals surface area contributed by atoms with E-state index >= 15 is 0 Å². The fourth-order valence-electron chi connectivity index (χ4n) is 2.83. The highest BCUT2D eigenvalue weighted by atomic mass is 16.5. The van der Waals surface area contributed by atoms with Gasteiger partial charge in [-0.15, -0.1) is 0 Å². The first-order chi connectivity index (χ1) is 13.0. The molecule has 0 fully saturated rings. The molecule has 0 radical (unpaired) electrons. The Kier molecular flexibility index (Phi) is 7.40. The molecule has 2 aromatic rings. The highest BCUT2D eigenvalue weighted by Gasteiger charge is 2.29. The van der Waals surface area contributed by atoms with Crippen LogP contribution in [-0.4, -0.2) is 36.5 Å². The number of carbonyl (C=O) groups excluding carboxylic acids is 3. The quantitative estimate of drug-likeness (QED) is 0.360. The van der Waals surface area contributed by atoms with Gasteiger partial charge in [0.05, 0.1) is 26.2 Å². The molecule has 0 saturated heterocycles. The van der Waals surface area contributed by atoms with Crippen molar-refractivity contribution in [2.24, 2.45) is 5.92 Å². The molecule has 0 saturated carbocycles. The number of aromatic nitrogens is 1. The van der Waals surface area contributed by atoms with Gasteiger partial charge in [0.15, 0.2) is 11.7 Å². The molecule has 0 aliphatic carbocycles. The molecule has 2 rings (SSSR count). The molecule has 0 atom stereocenters. The number of ether oxygens (including phenoxy) is 2. The van der Waals surface area contributed by atoms with Crippen LogP contribution in [0.1, 0.15) is 48.0 Å². The summed E-state index contributed by atoms with van der Waals surface area (Å²) in [6, 6.07) is 5.18. The lowest BCUT2D eigenvalue weighted by Crippen LogP contribution is -2.28. The van der Waals surface area contributed by atoms with Crippen LogP contribution in [-0.2, 0) is 32.0 Å². The zero-order valence-corrected chi connectivity index (χ0v) is 15.9. The minimum atomic E-state index is -1.03. The summed E-state index contributed by atoms with van der Waals surface area (Å²) in [7, 11) is 2.44. The van der Waals surface area contributed by atoms with Crippen LogP contribution in [0.3, 0.4) is 0 Å². The minimum Gasteiger partial charge on any atom is -0.468 e. The van der Waals surface area contributed by atoms with E-state index in [2.05, 4.69) is 16.4 Å². The Hall–Kier alpha value is -2.83. The van der Waals surface area contributed by atoms with Crippen molar-refractivity contribution in [3.05, 3.63) is 47.7 Å². The van der Waals surface area contributed by atoms with Crippen LogP contribution in [0, 0.1) is 5.92 Å². The number of hydrogen-bond donors (Lipinski definition) is 0. The predicted octanol–water partition coefficient (Wildman–Crippen LogP) is 3.01. The third kappa shape index (κ3) is 5.09. The van der Waals surface area contributed by atoms with Gasteiger partial charge in [0.1, 0.15) is 0 Å². The standard InChI is InChI=1S/C20H25NO6/c1-4-5-7-14-12-17(27-13-14)18(22)16-8-6-10-21(16)11-9-15(19(23)25-2)20(24)26-3/h6,8,10,12-13,15H,4-5,7,9,11H2,1-3H3. The zero-order valence-electron chi connectivity index (χ0n) is 15.9. The second-order valence-electron chi connectivity index (χ2n) is 6.23. The lowest BCUT2D eigenvalue weighted by molar-refractivity contribution is -0.159. The smallest absolute Gasteiger partial charge is 0.320 e. The second kappa shape index (κ2) is 9.75. The van der Waals surface area contributed by atoms with Gasteiger partial charge in [-0.05, 0) is 43.0 Å². The van der Waals surface area contributed by atoms with E-state index in [0.717, 1.165) is 24.8 Å². The summed E-state index contributed by atoms with van der Waals surface area (Å²) in [4.78, 5) is 36.3. The molecule has 0 bridgehead atoms. The first-order valence-electron chi connectivity index (χ1n) is 8.94. The Balaban J connectivity index is 2.10. The lowest BCUT2D eigenvalue weighted by atomic mass is 10.1. The van der Waals surface area contributed by atoms with Gasteiger partial charge in [-0.25, -0.2) is 0 Å². The van der Waals surface area contributed by atoms with E-state index in [1.54, 1.807) is 35.2 Å². The van der Waals surface area contributed by atoms with E-state index in [9.17, 15) is 14.4 Å². The number of hydrogen-bond acceptors (Lipinski definition) is 6. The average Bonchev–Trinajstić information content (AvgIpc) is 3.34. The van der Waals surface area contributed by atoms with Crippen LogP contribution in [0.25, 0.3) is 0 Å². The fourth-order valence-corrected chi connectivity index (χ4v) is 2.83. The molecule has 0 aromatic carbocycles. The number of rotatable bonds is 10. The van der Waals surface area contributed by atoms with Gasteiger partial charge in [0.2, 0.25) is 5.78 Å². The topological polar surface area (TPSA) is 87.7 Å². The number of unbranched alkanes of at least 4 members (excludes halogenated alkanes) is 1. The van der Waals surface area contributed by atoms with Crippen LogP contribution in [0.15, 0.2) is 35.1 Å². The van der Waals surface area contributed by atoms with Crippen LogP contribution < -0.4 is 0 Å². The zero-order chi connectivity index (χ0) is 19.8. The molecule has 0 spiro atoms. The summed E-state index contributed by atoms with van der Waals surface area (Å²) < 4.78 is 16.4. The molecular formula is C20H25NO6. The Bertz CT molecular complexity index is 772. The van der Waals surface area contributed by atoms with Crippen molar-refractivity contribution >= 4 is 17.7 Å². The Morgan fingerprint density at radius 1 is 1.19 bits per heavy atom. The third-order valence-corrected chi connectivity index (χ3v) is 4.39. The SMILES string of the molecule is CCCCc1coc(C(=O)c2cccn2CCC(C(=O)OC)C(=O)OC)c1. The largest absolute Gasteiger partial charge is 0.468 e. The van der Waals surface area contributed by atoms with E-state index in [-0.39, 0.29) is 24.5 Å². The third-order valence-electron chi connectivity index (χ3n) is 4.39. The van der Waals surface area contributed by atoms with Crippen molar-refractivity contribution in [2.45, 2.75) is 39.2 Å². The summed E-state index contributed by atoms with van der Waals surface area (Å²) in [5, 5.41) is 0. The van der Waals surface area contributed by atoms with Gasteiger partial charge in [0, 0.05) is 12.7 Å². The summed E-state index contributed by atoms with van der Waals surface area (Å²) in [6.45, 7) is 2.39. The van der Waals surface area contributed by atoms with E-state index < -0.39 is 17.9 Å². The van der Waals surface area contributed by atoms with Crippen LogP contribution in [0.5, 0.6) is 0 Å². The van der Waals surface area contributed by atoms with E-state index in [1.807, 2.05) is 0 Å². The van der Waals surface area contributed by atoms with Crippen molar-refractivity contribution in [3.8, 4) is 0 Å². The number of aryl methyl sites for hydroxylation is 2.